The fraction of sp³-hybridized carbons (Fsp3) is 0.591. The first-order valence-electron chi connectivity index (χ1n) is 10.6. The molecule has 0 amide bonds. The molecule has 0 spiro atoms. The van der Waals surface area contributed by atoms with Crippen molar-refractivity contribution in [2.24, 2.45) is 4.99 Å². The van der Waals surface area contributed by atoms with Crippen molar-refractivity contribution in [2.45, 2.75) is 71.6 Å². The normalized spacial score (nSPS) is 17.6. The smallest absolute Gasteiger partial charge is 0.191 e. The van der Waals surface area contributed by atoms with E-state index in [1.54, 1.807) is 0 Å². The van der Waals surface area contributed by atoms with E-state index in [9.17, 15) is 0 Å². The number of nitrogens with one attached hydrogen (secondary N) is 3. The summed E-state index contributed by atoms with van der Waals surface area (Å²) in [6.07, 6.45) is 1.98. The molecule has 0 saturated carbocycles. The predicted octanol–water partition coefficient (Wildman–Crippen LogP) is 3.20. The maximum Gasteiger partial charge on any atom is 0.191 e. The van der Waals surface area contributed by atoms with Crippen molar-refractivity contribution >= 4 is 29.9 Å². The minimum atomic E-state index is -0.125. The molecule has 166 valence electrons. The predicted molar refractivity (Wildman–Crippen MR) is 133 cm³/mol. The lowest BCUT2D eigenvalue weighted by atomic mass is 10.0. The standard InChI is InChI=1S/C22H35N7.HI/c1-6-23-21(26-19-12-13-20-25-17(3)28-29(20)14-19)24-15-22(4,5)27-16(2)18-10-8-7-9-11-18;/h7-11,16,19,27H,6,12-15H2,1-5H3,(H2,23,24,26);1H. The zero-order valence-electron chi connectivity index (χ0n) is 18.8. The molecule has 0 aliphatic carbocycles. The third-order valence-electron chi connectivity index (χ3n) is 5.19. The first-order valence-corrected chi connectivity index (χ1v) is 10.6. The van der Waals surface area contributed by atoms with E-state index in [0.717, 1.165) is 43.5 Å². The van der Waals surface area contributed by atoms with E-state index in [-0.39, 0.29) is 35.6 Å². The monoisotopic (exact) mass is 525 g/mol. The highest BCUT2D eigenvalue weighted by Crippen LogP contribution is 2.17. The van der Waals surface area contributed by atoms with Gasteiger partial charge in [0.2, 0.25) is 0 Å². The molecule has 1 aliphatic heterocycles. The molecular formula is C22H36IN7. The first-order chi connectivity index (χ1) is 13.9. The summed E-state index contributed by atoms with van der Waals surface area (Å²) in [5.41, 5.74) is 1.16. The number of hydrogen-bond donors (Lipinski definition) is 3. The van der Waals surface area contributed by atoms with Gasteiger partial charge in [0.25, 0.3) is 0 Å². The van der Waals surface area contributed by atoms with E-state index in [2.05, 4.69) is 84.1 Å². The van der Waals surface area contributed by atoms with E-state index < -0.39 is 0 Å². The van der Waals surface area contributed by atoms with E-state index in [1.807, 2.05) is 11.6 Å². The highest BCUT2D eigenvalue weighted by atomic mass is 127. The van der Waals surface area contributed by atoms with Crippen molar-refractivity contribution < 1.29 is 0 Å². The van der Waals surface area contributed by atoms with Gasteiger partial charge in [0.1, 0.15) is 11.6 Å². The summed E-state index contributed by atoms with van der Waals surface area (Å²) in [4.78, 5) is 9.37. The number of hydrogen-bond acceptors (Lipinski definition) is 4. The van der Waals surface area contributed by atoms with Crippen LogP contribution in [0.4, 0.5) is 0 Å². The van der Waals surface area contributed by atoms with Gasteiger partial charge in [0, 0.05) is 30.6 Å². The molecule has 2 atom stereocenters. The largest absolute Gasteiger partial charge is 0.357 e. The Balaban J connectivity index is 0.00000320. The Hall–Kier alpha value is -1.68. The fourth-order valence-corrected chi connectivity index (χ4v) is 3.80. The quantitative estimate of drug-likeness (QED) is 0.294. The van der Waals surface area contributed by atoms with E-state index in [1.165, 1.54) is 5.56 Å². The van der Waals surface area contributed by atoms with Crippen LogP contribution in [0.5, 0.6) is 0 Å². The van der Waals surface area contributed by atoms with Crippen LogP contribution in [0.1, 0.15) is 57.4 Å². The average Bonchev–Trinajstić information content (AvgIpc) is 3.06. The van der Waals surface area contributed by atoms with Crippen LogP contribution in [-0.4, -0.2) is 45.4 Å². The maximum atomic E-state index is 4.87. The number of aliphatic imine (C=N–C) groups is 1. The molecule has 2 aromatic rings. The van der Waals surface area contributed by atoms with Crippen molar-refractivity contribution in [2.75, 3.05) is 13.1 Å². The summed E-state index contributed by atoms with van der Waals surface area (Å²) < 4.78 is 2.02. The van der Waals surface area contributed by atoms with Crippen LogP contribution in [0, 0.1) is 6.92 Å². The van der Waals surface area contributed by atoms with Crippen LogP contribution in [0.2, 0.25) is 0 Å². The second kappa shape index (κ2) is 11.1. The van der Waals surface area contributed by atoms with Crippen LogP contribution in [0.25, 0.3) is 0 Å². The summed E-state index contributed by atoms with van der Waals surface area (Å²) in [6, 6.07) is 11.1. The second-order valence-electron chi connectivity index (χ2n) is 8.49. The van der Waals surface area contributed by atoms with Gasteiger partial charge in [-0.15, -0.1) is 24.0 Å². The number of aryl methyl sites for hydroxylation is 2. The van der Waals surface area contributed by atoms with Gasteiger partial charge in [-0.3, -0.25) is 4.99 Å². The number of rotatable bonds is 7. The number of benzene rings is 1. The SMILES string of the molecule is CCNC(=NCC(C)(C)NC(C)c1ccccc1)NC1CCc2nc(C)nn2C1.I. The molecule has 1 aromatic carbocycles. The van der Waals surface area contributed by atoms with Crippen molar-refractivity contribution in [3.05, 3.63) is 47.5 Å². The van der Waals surface area contributed by atoms with Crippen LogP contribution in [-0.2, 0) is 13.0 Å². The van der Waals surface area contributed by atoms with Crippen LogP contribution < -0.4 is 16.0 Å². The van der Waals surface area contributed by atoms with Gasteiger partial charge in [-0.1, -0.05) is 30.3 Å². The molecule has 0 saturated heterocycles. The Bertz CT molecular complexity index is 816. The number of halogens is 1. The highest BCUT2D eigenvalue weighted by molar-refractivity contribution is 14.0. The molecule has 3 rings (SSSR count). The Morgan fingerprint density at radius 2 is 2.03 bits per heavy atom. The van der Waals surface area contributed by atoms with Gasteiger partial charge in [-0.05, 0) is 46.6 Å². The maximum absolute atomic E-state index is 4.87. The van der Waals surface area contributed by atoms with Gasteiger partial charge >= 0.3 is 0 Å². The molecule has 3 N–H and O–H groups in total. The molecular weight excluding hydrogens is 489 g/mol. The molecule has 1 aromatic heterocycles. The van der Waals surface area contributed by atoms with E-state index >= 15 is 0 Å². The Morgan fingerprint density at radius 1 is 1.30 bits per heavy atom. The van der Waals surface area contributed by atoms with E-state index in [0.29, 0.717) is 12.6 Å². The summed E-state index contributed by atoms with van der Waals surface area (Å²) in [7, 11) is 0. The topological polar surface area (TPSA) is 79.2 Å². The van der Waals surface area contributed by atoms with Crippen LogP contribution in [0.3, 0.4) is 0 Å². The Labute approximate surface area is 197 Å². The summed E-state index contributed by atoms with van der Waals surface area (Å²) in [6.45, 7) is 13.0. The Kier molecular flexibility index (Phi) is 9.09. The number of guanidine groups is 1. The molecule has 0 radical (unpaired) electrons. The second-order valence-corrected chi connectivity index (χ2v) is 8.49. The molecule has 2 unspecified atom stereocenters. The molecule has 1 aliphatic rings. The highest BCUT2D eigenvalue weighted by Gasteiger charge is 2.23. The lowest BCUT2D eigenvalue weighted by molar-refractivity contribution is 0.355. The van der Waals surface area contributed by atoms with Crippen LogP contribution in [0.15, 0.2) is 35.3 Å². The van der Waals surface area contributed by atoms with Gasteiger partial charge in [-0.2, -0.15) is 5.10 Å². The lowest BCUT2D eigenvalue weighted by Gasteiger charge is -2.30. The third kappa shape index (κ3) is 6.94. The van der Waals surface area contributed by atoms with Crippen molar-refractivity contribution in [3.8, 4) is 0 Å². The molecule has 2 heterocycles. The zero-order chi connectivity index (χ0) is 20.9. The minimum Gasteiger partial charge on any atom is -0.357 e. The van der Waals surface area contributed by atoms with Gasteiger partial charge in [0.05, 0.1) is 13.1 Å². The molecule has 0 bridgehead atoms. The first kappa shape index (κ1) is 24.6. The number of fused-ring (bicyclic) bond motifs is 1. The Morgan fingerprint density at radius 3 is 2.73 bits per heavy atom. The fourth-order valence-electron chi connectivity index (χ4n) is 3.80. The summed E-state index contributed by atoms with van der Waals surface area (Å²) in [5.74, 6) is 2.80. The molecule has 0 fully saturated rings. The van der Waals surface area contributed by atoms with Crippen molar-refractivity contribution in [3.63, 3.8) is 0 Å². The van der Waals surface area contributed by atoms with Crippen molar-refractivity contribution in [1.29, 1.82) is 0 Å². The summed E-state index contributed by atoms with van der Waals surface area (Å²) in [5, 5.41) is 15.2. The van der Waals surface area contributed by atoms with Crippen molar-refractivity contribution in [1.82, 2.24) is 30.7 Å². The zero-order valence-corrected chi connectivity index (χ0v) is 21.1. The molecule has 30 heavy (non-hydrogen) atoms. The minimum absolute atomic E-state index is 0. The number of aromatic nitrogens is 3. The number of nitrogens with zero attached hydrogens (tertiary/aromatic N) is 4. The van der Waals surface area contributed by atoms with Gasteiger partial charge in [0.15, 0.2) is 5.96 Å². The molecule has 7 nitrogen and oxygen atoms in total. The lowest BCUT2D eigenvalue weighted by Crippen LogP contribution is -2.49. The van der Waals surface area contributed by atoms with Gasteiger partial charge < -0.3 is 16.0 Å². The van der Waals surface area contributed by atoms with Gasteiger partial charge in [-0.25, -0.2) is 9.67 Å². The third-order valence-corrected chi connectivity index (χ3v) is 5.19. The summed E-state index contributed by atoms with van der Waals surface area (Å²) >= 11 is 0. The van der Waals surface area contributed by atoms with E-state index in [4.69, 9.17) is 4.99 Å². The van der Waals surface area contributed by atoms with Crippen LogP contribution >= 0.6 is 24.0 Å². The molecule has 8 heteroatoms. The average molecular weight is 525 g/mol.